The Morgan fingerprint density at radius 1 is 1.25 bits per heavy atom. The first-order valence-electron chi connectivity index (χ1n) is 6.49. The number of hydrogen-bond acceptors (Lipinski definition) is 3. The first-order chi connectivity index (χ1) is 7.72. The van der Waals surface area contributed by atoms with Crippen molar-refractivity contribution in [2.75, 3.05) is 13.2 Å². The molecule has 0 bridgehead atoms. The highest BCUT2D eigenvalue weighted by atomic mass is 16.6. The molecule has 0 spiro atoms. The minimum atomic E-state index is -0.216. The number of hydrogen-bond donors (Lipinski definition) is 0. The monoisotopic (exact) mass is 228 g/mol. The van der Waals surface area contributed by atoms with Gasteiger partial charge >= 0.3 is 5.97 Å². The van der Waals surface area contributed by atoms with Gasteiger partial charge in [-0.3, -0.25) is 0 Å². The van der Waals surface area contributed by atoms with E-state index in [1.165, 1.54) is 12.8 Å². The van der Waals surface area contributed by atoms with Gasteiger partial charge in [0.15, 0.2) is 0 Å². The predicted molar refractivity (Wildman–Crippen MR) is 63.2 cm³/mol. The smallest absolute Gasteiger partial charge is 0.332 e. The van der Waals surface area contributed by atoms with Crippen LogP contribution in [-0.2, 0) is 14.3 Å². The van der Waals surface area contributed by atoms with Crippen LogP contribution >= 0.6 is 0 Å². The molecule has 0 aliphatic heterocycles. The fraction of sp³-hybridized carbons (Fsp3) is 0.923. The number of unbranched alkanes of at least 4 members (excludes halogenated alkanes) is 1. The second-order valence-corrected chi connectivity index (χ2v) is 4.77. The van der Waals surface area contributed by atoms with Gasteiger partial charge in [0.05, 0.1) is 12.7 Å². The molecule has 0 aromatic rings. The second-order valence-electron chi connectivity index (χ2n) is 4.77. The van der Waals surface area contributed by atoms with E-state index in [0.29, 0.717) is 6.61 Å². The lowest BCUT2D eigenvalue weighted by Crippen LogP contribution is -2.24. The molecule has 1 aliphatic rings. The van der Waals surface area contributed by atoms with E-state index in [4.69, 9.17) is 9.47 Å². The molecule has 3 heteroatoms. The standard InChI is InChI=1S/C13H24O3/c1-3-4-9-15-13(14)10-16-12-7-5-11(2)6-8-12/h11-12H,3-10H2,1-2H3. The SMILES string of the molecule is CCCCOC(=O)COC1CCC(C)CC1. The molecule has 0 unspecified atom stereocenters. The summed E-state index contributed by atoms with van der Waals surface area (Å²) in [6.07, 6.45) is 6.87. The Labute approximate surface area is 98.5 Å². The van der Waals surface area contributed by atoms with E-state index in [9.17, 15) is 4.79 Å². The zero-order valence-corrected chi connectivity index (χ0v) is 10.5. The maximum Gasteiger partial charge on any atom is 0.332 e. The van der Waals surface area contributed by atoms with E-state index in [1.807, 2.05) is 0 Å². The number of carbonyl (C=O) groups excluding carboxylic acids is 1. The molecule has 1 saturated carbocycles. The van der Waals surface area contributed by atoms with Gasteiger partial charge in [-0.1, -0.05) is 20.3 Å². The van der Waals surface area contributed by atoms with Crippen LogP contribution in [0.4, 0.5) is 0 Å². The number of rotatable bonds is 6. The molecule has 0 N–H and O–H groups in total. The molecule has 1 aliphatic carbocycles. The summed E-state index contributed by atoms with van der Waals surface area (Å²) in [6, 6.07) is 0. The lowest BCUT2D eigenvalue weighted by atomic mass is 9.89. The maximum absolute atomic E-state index is 11.3. The molecule has 94 valence electrons. The van der Waals surface area contributed by atoms with Crippen LogP contribution < -0.4 is 0 Å². The molecule has 1 rings (SSSR count). The van der Waals surface area contributed by atoms with Crippen LogP contribution in [0.25, 0.3) is 0 Å². The molecule has 0 aromatic carbocycles. The third-order valence-electron chi connectivity index (χ3n) is 3.16. The van der Waals surface area contributed by atoms with Crippen LogP contribution in [0.1, 0.15) is 52.4 Å². The van der Waals surface area contributed by atoms with Gasteiger partial charge in [0.1, 0.15) is 6.61 Å². The Balaban J connectivity index is 2.03. The molecule has 0 heterocycles. The van der Waals surface area contributed by atoms with Crippen LogP contribution in [0.2, 0.25) is 0 Å². The third-order valence-corrected chi connectivity index (χ3v) is 3.16. The highest BCUT2D eigenvalue weighted by Gasteiger charge is 2.19. The van der Waals surface area contributed by atoms with Gasteiger partial charge in [-0.15, -0.1) is 0 Å². The quantitative estimate of drug-likeness (QED) is 0.518. The van der Waals surface area contributed by atoms with Crippen molar-refractivity contribution >= 4 is 5.97 Å². The molecule has 0 aromatic heterocycles. The molecule has 3 nitrogen and oxygen atoms in total. The topological polar surface area (TPSA) is 35.5 Å². The Kier molecular flexibility index (Phi) is 6.46. The maximum atomic E-state index is 11.3. The summed E-state index contributed by atoms with van der Waals surface area (Å²) in [4.78, 5) is 11.3. The number of esters is 1. The Morgan fingerprint density at radius 2 is 1.94 bits per heavy atom. The van der Waals surface area contributed by atoms with E-state index >= 15 is 0 Å². The minimum Gasteiger partial charge on any atom is -0.464 e. The van der Waals surface area contributed by atoms with Crippen LogP contribution in [0, 0.1) is 5.92 Å². The minimum absolute atomic E-state index is 0.128. The Morgan fingerprint density at radius 3 is 2.56 bits per heavy atom. The zero-order valence-electron chi connectivity index (χ0n) is 10.5. The molecule has 0 atom stereocenters. The summed E-state index contributed by atoms with van der Waals surface area (Å²) >= 11 is 0. The van der Waals surface area contributed by atoms with Crippen molar-refractivity contribution in [3.8, 4) is 0 Å². The molecular formula is C13H24O3. The van der Waals surface area contributed by atoms with Crippen LogP contribution in [0.15, 0.2) is 0 Å². The van der Waals surface area contributed by atoms with Crippen molar-refractivity contribution in [2.24, 2.45) is 5.92 Å². The summed E-state index contributed by atoms with van der Waals surface area (Å²) in [5, 5.41) is 0. The van der Waals surface area contributed by atoms with E-state index < -0.39 is 0 Å². The van der Waals surface area contributed by atoms with Gasteiger partial charge < -0.3 is 9.47 Å². The van der Waals surface area contributed by atoms with Gasteiger partial charge in [-0.2, -0.15) is 0 Å². The second kappa shape index (κ2) is 7.66. The van der Waals surface area contributed by atoms with E-state index in [1.54, 1.807) is 0 Å². The molecule has 0 saturated heterocycles. The van der Waals surface area contributed by atoms with Crippen molar-refractivity contribution in [3.05, 3.63) is 0 Å². The number of ether oxygens (including phenoxy) is 2. The number of carbonyl (C=O) groups is 1. The van der Waals surface area contributed by atoms with Gasteiger partial charge in [0, 0.05) is 0 Å². The van der Waals surface area contributed by atoms with Gasteiger partial charge in [0.2, 0.25) is 0 Å². The summed E-state index contributed by atoms with van der Waals surface area (Å²) in [7, 11) is 0. The normalized spacial score (nSPS) is 25.4. The van der Waals surface area contributed by atoms with Crippen molar-refractivity contribution in [3.63, 3.8) is 0 Å². The highest BCUT2D eigenvalue weighted by molar-refractivity contribution is 5.70. The third kappa shape index (κ3) is 5.50. The fourth-order valence-electron chi connectivity index (χ4n) is 1.95. The molecule has 1 fully saturated rings. The van der Waals surface area contributed by atoms with Crippen LogP contribution in [0.5, 0.6) is 0 Å². The van der Waals surface area contributed by atoms with Crippen molar-refractivity contribution in [2.45, 2.75) is 58.5 Å². The van der Waals surface area contributed by atoms with Gasteiger partial charge in [-0.05, 0) is 38.0 Å². The molecular weight excluding hydrogens is 204 g/mol. The lowest BCUT2D eigenvalue weighted by molar-refractivity contribution is -0.152. The van der Waals surface area contributed by atoms with E-state index in [-0.39, 0.29) is 18.7 Å². The summed E-state index contributed by atoms with van der Waals surface area (Å²) < 4.78 is 10.6. The van der Waals surface area contributed by atoms with Gasteiger partial charge in [-0.25, -0.2) is 4.79 Å². The summed E-state index contributed by atoms with van der Waals surface area (Å²) in [5.74, 6) is 0.600. The van der Waals surface area contributed by atoms with Crippen LogP contribution in [0.3, 0.4) is 0 Å². The highest BCUT2D eigenvalue weighted by Crippen LogP contribution is 2.25. The summed E-state index contributed by atoms with van der Waals surface area (Å²) in [6.45, 7) is 5.01. The van der Waals surface area contributed by atoms with Crippen molar-refractivity contribution in [1.82, 2.24) is 0 Å². The molecule has 0 radical (unpaired) electrons. The Hall–Kier alpha value is -0.570. The van der Waals surface area contributed by atoms with Crippen molar-refractivity contribution in [1.29, 1.82) is 0 Å². The lowest BCUT2D eigenvalue weighted by Gasteiger charge is -2.25. The van der Waals surface area contributed by atoms with Crippen molar-refractivity contribution < 1.29 is 14.3 Å². The summed E-state index contributed by atoms with van der Waals surface area (Å²) in [5.41, 5.74) is 0. The van der Waals surface area contributed by atoms with Crippen LogP contribution in [-0.4, -0.2) is 25.3 Å². The average molecular weight is 228 g/mol. The molecule has 16 heavy (non-hydrogen) atoms. The first kappa shape index (κ1) is 13.5. The average Bonchev–Trinajstić information content (AvgIpc) is 2.29. The van der Waals surface area contributed by atoms with E-state index in [0.717, 1.165) is 31.6 Å². The predicted octanol–water partition coefficient (Wildman–Crippen LogP) is 2.93. The first-order valence-corrected chi connectivity index (χ1v) is 6.49. The Bertz CT molecular complexity index is 195. The van der Waals surface area contributed by atoms with Gasteiger partial charge in [0.25, 0.3) is 0 Å². The zero-order chi connectivity index (χ0) is 11.8. The largest absolute Gasteiger partial charge is 0.464 e. The van der Waals surface area contributed by atoms with E-state index in [2.05, 4.69) is 13.8 Å². The molecule has 0 amide bonds. The fourth-order valence-corrected chi connectivity index (χ4v) is 1.95.